The Morgan fingerprint density at radius 3 is 2.80 bits per heavy atom. The van der Waals surface area contributed by atoms with Gasteiger partial charge in [-0.25, -0.2) is 0 Å². The summed E-state index contributed by atoms with van der Waals surface area (Å²) in [5, 5.41) is 23.7. The van der Waals surface area contributed by atoms with Crippen molar-refractivity contribution in [1.82, 2.24) is 15.5 Å². The summed E-state index contributed by atoms with van der Waals surface area (Å²) in [4.78, 5) is 12.1. The van der Waals surface area contributed by atoms with Gasteiger partial charge in [0.25, 0.3) is 5.91 Å². The molecule has 1 fully saturated rings. The molecule has 2 rings (SSSR count). The molecule has 1 amide bonds. The molecule has 0 aliphatic heterocycles. The zero-order chi connectivity index (χ0) is 14.4. The van der Waals surface area contributed by atoms with E-state index in [0.717, 1.165) is 38.6 Å². The molecule has 3 N–H and O–H groups in total. The van der Waals surface area contributed by atoms with E-state index in [1.807, 2.05) is 6.92 Å². The van der Waals surface area contributed by atoms with Crippen LogP contribution in [0.25, 0.3) is 0 Å². The lowest BCUT2D eigenvalue weighted by atomic mass is 10.1. The van der Waals surface area contributed by atoms with E-state index in [2.05, 4.69) is 20.8 Å². The molecule has 6 nitrogen and oxygen atoms in total. The number of anilines is 1. The van der Waals surface area contributed by atoms with Crippen molar-refractivity contribution in [3.05, 3.63) is 17.8 Å². The van der Waals surface area contributed by atoms with Crippen LogP contribution in [0.3, 0.4) is 0 Å². The SMILES string of the molecule is CCNc1ccc(C(=O)NC2CCCCCC2O)nn1. The summed E-state index contributed by atoms with van der Waals surface area (Å²) < 4.78 is 0. The van der Waals surface area contributed by atoms with Crippen molar-refractivity contribution in [3.63, 3.8) is 0 Å². The highest BCUT2D eigenvalue weighted by molar-refractivity contribution is 5.92. The number of aliphatic hydroxyl groups excluding tert-OH is 1. The van der Waals surface area contributed by atoms with Crippen LogP contribution in [0.15, 0.2) is 12.1 Å². The first-order valence-corrected chi connectivity index (χ1v) is 7.27. The predicted molar refractivity (Wildman–Crippen MR) is 76.5 cm³/mol. The minimum Gasteiger partial charge on any atom is -0.391 e. The van der Waals surface area contributed by atoms with Crippen molar-refractivity contribution in [2.45, 2.75) is 51.2 Å². The number of hydrogen-bond donors (Lipinski definition) is 3. The molecule has 0 spiro atoms. The minimum absolute atomic E-state index is 0.180. The summed E-state index contributed by atoms with van der Waals surface area (Å²) in [6.07, 6.45) is 4.26. The minimum atomic E-state index is -0.463. The van der Waals surface area contributed by atoms with Gasteiger partial charge in [-0.05, 0) is 31.9 Å². The number of aliphatic hydroxyl groups is 1. The smallest absolute Gasteiger partial charge is 0.272 e. The maximum Gasteiger partial charge on any atom is 0.272 e. The average Bonchev–Trinajstić information content (AvgIpc) is 2.65. The third-order valence-electron chi connectivity index (χ3n) is 3.55. The van der Waals surface area contributed by atoms with Crippen molar-refractivity contribution >= 4 is 11.7 Å². The van der Waals surface area contributed by atoms with Gasteiger partial charge in [0.05, 0.1) is 12.1 Å². The molecule has 0 saturated heterocycles. The monoisotopic (exact) mass is 278 g/mol. The molecule has 0 aromatic carbocycles. The van der Waals surface area contributed by atoms with Crippen LogP contribution in [0, 0.1) is 0 Å². The second-order valence-electron chi connectivity index (χ2n) is 5.12. The lowest BCUT2D eigenvalue weighted by molar-refractivity contribution is 0.0813. The zero-order valence-electron chi connectivity index (χ0n) is 11.8. The van der Waals surface area contributed by atoms with Crippen molar-refractivity contribution < 1.29 is 9.90 Å². The maximum absolute atomic E-state index is 12.1. The molecule has 1 aromatic rings. The maximum atomic E-state index is 12.1. The van der Waals surface area contributed by atoms with Crippen molar-refractivity contribution in [2.24, 2.45) is 0 Å². The third kappa shape index (κ3) is 3.90. The second kappa shape index (κ2) is 7.19. The first-order chi connectivity index (χ1) is 9.70. The van der Waals surface area contributed by atoms with E-state index in [4.69, 9.17) is 0 Å². The van der Waals surface area contributed by atoms with Gasteiger partial charge in [0.1, 0.15) is 5.82 Å². The number of amides is 1. The van der Waals surface area contributed by atoms with Crippen LogP contribution in [0.2, 0.25) is 0 Å². The van der Waals surface area contributed by atoms with Crippen LogP contribution in [-0.4, -0.2) is 39.9 Å². The van der Waals surface area contributed by atoms with E-state index in [1.54, 1.807) is 12.1 Å². The Morgan fingerprint density at radius 2 is 2.10 bits per heavy atom. The third-order valence-corrected chi connectivity index (χ3v) is 3.55. The van der Waals surface area contributed by atoms with Crippen LogP contribution in [0.1, 0.15) is 49.5 Å². The van der Waals surface area contributed by atoms with Crippen molar-refractivity contribution in [1.29, 1.82) is 0 Å². The van der Waals surface area contributed by atoms with Crippen molar-refractivity contribution in [3.8, 4) is 0 Å². The van der Waals surface area contributed by atoms with Gasteiger partial charge in [-0.3, -0.25) is 4.79 Å². The fourth-order valence-electron chi connectivity index (χ4n) is 2.43. The molecule has 20 heavy (non-hydrogen) atoms. The summed E-state index contributed by atoms with van der Waals surface area (Å²) in [7, 11) is 0. The summed E-state index contributed by atoms with van der Waals surface area (Å²) in [6, 6.07) is 3.19. The predicted octanol–water partition coefficient (Wildman–Crippen LogP) is 1.33. The Morgan fingerprint density at radius 1 is 1.30 bits per heavy atom. The number of nitrogens with one attached hydrogen (secondary N) is 2. The molecular weight excluding hydrogens is 256 g/mol. The van der Waals surface area contributed by atoms with Gasteiger partial charge in [-0.1, -0.05) is 19.3 Å². The lowest BCUT2D eigenvalue weighted by Crippen LogP contribution is -2.43. The Kier molecular flexibility index (Phi) is 5.29. The molecule has 0 radical (unpaired) electrons. The molecule has 110 valence electrons. The first-order valence-electron chi connectivity index (χ1n) is 7.27. The molecule has 1 aromatic heterocycles. The largest absolute Gasteiger partial charge is 0.391 e. The average molecular weight is 278 g/mol. The Bertz CT molecular complexity index is 435. The molecular formula is C14H22N4O2. The summed E-state index contributed by atoms with van der Waals surface area (Å²) in [5.74, 6) is 0.380. The van der Waals surface area contributed by atoms with Gasteiger partial charge in [-0.2, -0.15) is 0 Å². The van der Waals surface area contributed by atoms with Gasteiger partial charge in [0.15, 0.2) is 5.69 Å². The molecule has 2 atom stereocenters. The number of rotatable bonds is 4. The molecule has 1 saturated carbocycles. The van der Waals surface area contributed by atoms with Crippen LogP contribution < -0.4 is 10.6 Å². The van der Waals surface area contributed by atoms with Crippen molar-refractivity contribution in [2.75, 3.05) is 11.9 Å². The van der Waals surface area contributed by atoms with E-state index < -0.39 is 6.10 Å². The molecule has 1 aliphatic rings. The zero-order valence-corrected chi connectivity index (χ0v) is 11.8. The highest BCUT2D eigenvalue weighted by atomic mass is 16.3. The number of aromatic nitrogens is 2. The fourth-order valence-corrected chi connectivity index (χ4v) is 2.43. The second-order valence-corrected chi connectivity index (χ2v) is 5.12. The highest BCUT2D eigenvalue weighted by Crippen LogP contribution is 2.18. The number of hydrogen-bond acceptors (Lipinski definition) is 5. The van der Waals surface area contributed by atoms with Crippen LogP contribution in [-0.2, 0) is 0 Å². The van der Waals surface area contributed by atoms with Gasteiger partial charge in [0, 0.05) is 6.54 Å². The number of nitrogens with zero attached hydrogens (tertiary/aromatic N) is 2. The van der Waals surface area contributed by atoms with Gasteiger partial charge in [-0.15, -0.1) is 10.2 Å². The van der Waals surface area contributed by atoms with E-state index >= 15 is 0 Å². The highest BCUT2D eigenvalue weighted by Gasteiger charge is 2.24. The van der Waals surface area contributed by atoms with Crippen LogP contribution >= 0.6 is 0 Å². The van der Waals surface area contributed by atoms with E-state index in [-0.39, 0.29) is 17.6 Å². The molecule has 2 unspecified atom stereocenters. The Labute approximate surface area is 119 Å². The molecule has 6 heteroatoms. The van der Waals surface area contributed by atoms with Crippen LogP contribution in [0.5, 0.6) is 0 Å². The summed E-state index contributed by atoms with van der Waals surface area (Å²) in [5.41, 5.74) is 0.281. The quantitative estimate of drug-likeness (QED) is 0.723. The first kappa shape index (κ1) is 14.7. The summed E-state index contributed by atoms with van der Waals surface area (Å²) in [6.45, 7) is 2.73. The van der Waals surface area contributed by atoms with Gasteiger partial charge < -0.3 is 15.7 Å². The Hall–Kier alpha value is -1.69. The van der Waals surface area contributed by atoms with Gasteiger partial charge in [0.2, 0.25) is 0 Å². The topological polar surface area (TPSA) is 87.1 Å². The van der Waals surface area contributed by atoms with Gasteiger partial charge >= 0.3 is 0 Å². The summed E-state index contributed by atoms with van der Waals surface area (Å²) >= 11 is 0. The molecule has 1 aliphatic carbocycles. The fraction of sp³-hybridized carbons (Fsp3) is 0.643. The number of carbonyl (C=O) groups is 1. The van der Waals surface area contributed by atoms with E-state index in [9.17, 15) is 9.90 Å². The van der Waals surface area contributed by atoms with E-state index in [1.165, 1.54) is 0 Å². The number of carbonyl (C=O) groups excluding carboxylic acids is 1. The standard InChI is InChI=1S/C14H22N4O2/c1-2-15-13-9-8-11(17-18-13)14(20)16-10-6-4-3-5-7-12(10)19/h8-10,12,19H,2-7H2,1H3,(H,15,18)(H,16,20). The lowest BCUT2D eigenvalue weighted by Gasteiger charge is -2.21. The van der Waals surface area contributed by atoms with E-state index in [0.29, 0.717) is 5.82 Å². The molecule has 1 heterocycles. The Balaban J connectivity index is 1.96. The normalized spacial score (nSPS) is 22.9. The molecule has 0 bridgehead atoms. The van der Waals surface area contributed by atoms with Crippen LogP contribution in [0.4, 0.5) is 5.82 Å².